The Morgan fingerprint density at radius 1 is 1.07 bits per heavy atom. The fourth-order valence-electron chi connectivity index (χ4n) is 2.93. The second-order valence-electron chi connectivity index (χ2n) is 7.29. The van der Waals surface area contributed by atoms with Gasteiger partial charge in [0.1, 0.15) is 0 Å². The number of nitrogens with two attached hydrogens (primary N) is 1. The van der Waals surface area contributed by atoms with Crippen LogP contribution in [-0.4, -0.2) is 26.6 Å². The molecule has 5 nitrogen and oxygen atoms in total. The lowest BCUT2D eigenvalue weighted by Gasteiger charge is -2.25. The SMILES string of the molecule is Cc1ccc(C(NC(=O)C(C)C(C)N)c2cccc(S(C)(=O)=O)c2)c(C)c1. The Balaban J connectivity index is 2.55. The molecule has 0 spiro atoms. The normalized spacial score (nSPS) is 15.0. The van der Waals surface area contributed by atoms with Gasteiger partial charge >= 0.3 is 0 Å². The van der Waals surface area contributed by atoms with Gasteiger partial charge in [0.15, 0.2) is 9.84 Å². The predicted molar refractivity (Wildman–Crippen MR) is 108 cm³/mol. The molecule has 1 amide bonds. The molecular formula is C21H28N2O3S. The largest absolute Gasteiger partial charge is 0.345 e. The third-order valence-electron chi connectivity index (χ3n) is 4.84. The molecule has 3 unspecified atom stereocenters. The zero-order chi connectivity index (χ0) is 20.4. The van der Waals surface area contributed by atoms with Gasteiger partial charge in [-0.05, 0) is 49.6 Å². The van der Waals surface area contributed by atoms with E-state index in [9.17, 15) is 13.2 Å². The minimum atomic E-state index is -3.35. The minimum Gasteiger partial charge on any atom is -0.345 e. The number of hydrogen-bond donors (Lipinski definition) is 2. The Kier molecular flexibility index (Phi) is 6.44. The van der Waals surface area contributed by atoms with E-state index >= 15 is 0 Å². The number of aryl methyl sites for hydroxylation is 2. The Morgan fingerprint density at radius 3 is 2.30 bits per heavy atom. The van der Waals surface area contributed by atoms with Crippen molar-refractivity contribution < 1.29 is 13.2 Å². The Morgan fingerprint density at radius 2 is 1.74 bits per heavy atom. The average Bonchev–Trinajstić information content (AvgIpc) is 2.58. The maximum Gasteiger partial charge on any atom is 0.225 e. The minimum absolute atomic E-state index is 0.167. The number of carbonyl (C=O) groups excluding carboxylic acids is 1. The standard InChI is InChI=1S/C21H28N2O3S/c1-13-9-10-19(14(2)11-13)20(23-21(24)15(3)16(4)22)17-7-6-8-18(12-17)27(5,25)26/h6-12,15-16,20H,22H2,1-5H3,(H,23,24). The van der Waals surface area contributed by atoms with Crippen molar-refractivity contribution in [2.45, 2.75) is 44.7 Å². The number of hydrogen-bond acceptors (Lipinski definition) is 4. The van der Waals surface area contributed by atoms with Crippen LogP contribution >= 0.6 is 0 Å². The van der Waals surface area contributed by atoms with Crippen molar-refractivity contribution in [3.8, 4) is 0 Å². The number of amides is 1. The lowest BCUT2D eigenvalue weighted by atomic mass is 9.92. The van der Waals surface area contributed by atoms with Crippen LogP contribution in [0.15, 0.2) is 47.4 Å². The molecule has 0 aromatic heterocycles. The van der Waals surface area contributed by atoms with Gasteiger partial charge < -0.3 is 11.1 Å². The van der Waals surface area contributed by atoms with Crippen molar-refractivity contribution in [3.63, 3.8) is 0 Å². The van der Waals surface area contributed by atoms with Gasteiger partial charge in [-0.2, -0.15) is 0 Å². The number of nitrogens with one attached hydrogen (secondary N) is 1. The quantitative estimate of drug-likeness (QED) is 0.796. The molecule has 3 atom stereocenters. The summed E-state index contributed by atoms with van der Waals surface area (Å²) in [5.74, 6) is -0.531. The van der Waals surface area contributed by atoms with Gasteiger partial charge in [0.2, 0.25) is 5.91 Å². The molecule has 146 valence electrons. The summed E-state index contributed by atoms with van der Waals surface area (Å²) in [6.45, 7) is 7.57. The average molecular weight is 389 g/mol. The van der Waals surface area contributed by atoms with Gasteiger partial charge in [-0.15, -0.1) is 0 Å². The van der Waals surface area contributed by atoms with Crippen LogP contribution in [0.1, 0.15) is 42.1 Å². The third kappa shape index (κ3) is 5.17. The van der Waals surface area contributed by atoms with E-state index in [1.165, 1.54) is 6.26 Å². The summed E-state index contributed by atoms with van der Waals surface area (Å²) < 4.78 is 23.9. The zero-order valence-electron chi connectivity index (χ0n) is 16.5. The molecule has 0 radical (unpaired) electrons. The van der Waals surface area contributed by atoms with E-state index in [0.29, 0.717) is 0 Å². The Bertz CT molecular complexity index is 936. The molecule has 6 heteroatoms. The molecule has 0 aliphatic heterocycles. The molecule has 0 bridgehead atoms. The van der Waals surface area contributed by atoms with Crippen LogP contribution in [0.2, 0.25) is 0 Å². The summed E-state index contributed by atoms with van der Waals surface area (Å²) in [5.41, 5.74) is 9.67. The van der Waals surface area contributed by atoms with Crippen molar-refractivity contribution in [1.29, 1.82) is 0 Å². The van der Waals surface area contributed by atoms with Gasteiger partial charge in [-0.1, -0.05) is 42.8 Å². The van der Waals surface area contributed by atoms with Crippen LogP contribution in [0, 0.1) is 19.8 Å². The Labute approximate surface area is 161 Å². The third-order valence-corrected chi connectivity index (χ3v) is 5.95. The summed E-state index contributed by atoms with van der Waals surface area (Å²) in [4.78, 5) is 12.9. The van der Waals surface area contributed by atoms with Crippen LogP contribution in [0.5, 0.6) is 0 Å². The highest BCUT2D eigenvalue weighted by atomic mass is 32.2. The predicted octanol–water partition coefficient (Wildman–Crippen LogP) is 2.90. The summed E-state index contributed by atoms with van der Waals surface area (Å²) in [6, 6.07) is 12.0. The van der Waals surface area contributed by atoms with E-state index in [4.69, 9.17) is 5.73 Å². The lowest BCUT2D eigenvalue weighted by molar-refractivity contribution is -0.125. The molecule has 0 aliphatic rings. The van der Waals surface area contributed by atoms with Gasteiger partial charge in [-0.25, -0.2) is 8.42 Å². The van der Waals surface area contributed by atoms with Gasteiger partial charge in [0, 0.05) is 18.2 Å². The van der Waals surface area contributed by atoms with Crippen molar-refractivity contribution in [3.05, 3.63) is 64.7 Å². The monoisotopic (exact) mass is 388 g/mol. The topological polar surface area (TPSA) is 89.3 Å². The van der Waals surface area contributed by atoms with Crippen LogP contribution in [-0.2, 0) is 14.6 Å². The van der Waals surface area contributed by atoms with Crippen molar-refractivity contribution in [2.24, 2.45) is 11.7 Å². The van der Waals surface area contributed by atoms with E-state index < -0.39 is 15.9 Å². The van der Waals surface area contributed by atoms with Gasteiger partial charge in [-0.3, -0.25) is 4.79 Å². The summed E-state index contributed by atoms with van der Waals surface area (Å²) in [7, 11) is -3.35. The number of sulfone groups is 1. The molecular weight excluding hydrogens is 360 g/mol. The first-order valence-corrected chi connectivity index (χ1v) is 10.8. The van der Waals surface area contributed by atoms with E-state index in [0.717, 1.165) is 22.3 Å². The van der Waals surface area contributed by atoms with E-state index in [2.05, 4.69) is 5.32 Å². The van der Waals surface area contributed by atoms with Crippen molar-refractivity contribution >= 4 is 15.7 Å². The van der Waals surface area contributed by atoms with Crippen LogP contribution < -0.4 is 11.1 Å². The van der Waals surface area contributed by atoms with Crippen molar-refractivity contribution in [1.82, 2.24) is 5.32 Å². The van der Waals surface area contributed by atoms with Crippen LogP contribution in [0.3, 0.4) is 0 Å². The molecule has 0 aliphatic carbocycles. The number of benzene rings is 2. The maximum atomic E-state index is 12.7. The first-order chi connectivity index (χ1) is 12.5. The van der Waals surface area contributed by atoms with E-state index in [-0.39, 0.29) is 22.8 Å². The zero-order valence-corrected chi connectivity index (χ0v) is 17.3. The highest BCUT2D eigenvalue weighted by Gasteiger charge is 2.24. The maximum absolute atomic E-state index is 12.7. The number of carbonyl (C=O) groups is 1. The molecule has 2 rings (SSSR count). The lowest BCUT2D eigenvalue weighted by Crippen LogP contribution is -2.40. The molecule has 0 fully saturated rings. The fraction of sp³-hybridized carbons (Fsp3) is 0.381. The molecule has 27 heavy (non-hydrogen) atoms. The van der Waals surface area contributed by atoms with Gasteiger partial charge in [0.25, 0.3) is 0 Å². The molecule has 3 N–H and O–H groups in total. The second kappa shape index (κ2) is 8.23. The highest BCUT2D eigenvalue weighted by Crippen LogP contribution is 2.28. The summed E-state index contributed by atoms with van der Waals surface area (Å²) >= 11 is 0. The smallest absolute Gasteiger partial charge is 0.225 e. The van der Waals surface area contributed by atoms with Crippen molar-refractivity contribution in [2.75, 3.05) is 6.26 Å². The fourth-order valence-corrected chi connectivity index (χ4v) is 3.60. The Hall–Kier alpha value is -2.18. The van der Waals surface area contributed by atoms with Crippen LogP contribution in [0.25, 0.3) is 0 Å². The molecule has 2 aromatic carbocycles. The first-order valence-electron chi connectivity index (χ1n) is 8.94. The molecule has 2 aromatic rings. The number of rotatable bonds is 6. The second-order valence-corrected chi connectivity index (χ2v) is 9.31. The van der Waals surface area contributed by atoms with E-state index in [1.54, 1.807) is 32.0 Å². The molecule has 0 saturated carbocycles. The van der Waals surface area contributed by atoms with E-state index in [1.807, 2.05) is 38.1 Å². The van der Waals surface area contributed by atoms with Gasteiger partial charge in [0.05, 0.1) is 10.9 Å². The van der Waals surface area contributed by atoms with Crippen LogP contribution in [0.4, 0.5) is 0 Å². The summed E-state index contributed by atoms with van der Waals surface area (Å²) in [6.07, 6.45) is 1.18. The highest BCUT2D eigenvalue weighted by molar-refractivity contribution is 7.90. The molecule has 0 saturated heterocycles. The first kappa shape index (κ1) is 21.1. The molecule has 0 heterocycles. The summed E-state index contributed by atoms with van der Waals surface area (Å²) in [5, 5.41) is 3.06.